The summed E-state index contributed by atoms with van der Waals surface area (Å²) in [6.45, 7) is 7.10. The Kier molecular flexibility index (Phi) is 3.63. The van der Waals surface area contributed by atoms with Gasteiger partial charge in [0.15, 0.2) is 0 Å². The van der Waals surface area contributed by atoms with Gasteiger partial charge in [-0.3, -0.25) is 4.98 Å². The van der Waals surface area contributed by atoms with Gasteiger partial charge >= 0.3 is 0 Å². The van der Waals surface area contributed by atoms with Crippen molar-refractivity contribution >= 4 is 0 Å². The SMILES string of the molecule is CC1CCC(C(C)C)C(c2ccccn2)C1. The normalized spacial score (nSPS) is 30.6. The van der Waals surface area contributed by atoms with E-state index < -0.39 is 0 Å². The molecule has 0 amide bonds. The van der Waals surface area contributed by atoms with Gasteiger partial charge in [-0.05, 0) is 42.7 Å². The molecule has 1 heterocycles. The van der Waals surface area contributed by atoms with Gasteiger partial charge in [0.2, 0.25) is 0 Å². The largest absolute Gasteiger partial charge is 0.261 e. The molecule has 0 radical (unpaired) electrons. The molecule has 1 aliphatic carbocycles. The minimum absolute atomic E-state index is 0.685. The van der Waals surface area contributed by atoms with E-state index >= 15 is 0 Å². The smallest absolute Gasteiger partial charge is 0.0437 e. The second kappa shape index (κ2) is 4.99. The number of pyridine rings is 1. The van der Waals surface area contributed by atoms with Crippen molar-refractivity contribution in [2.75, 3.05) is 0 Å². The second-order valence-electron chi connectivity index (χ2n) is 5.69. The standard InChI is InChI=1S/C15H23N/c1-11(2)13-8-7-12(3)10-14(13)15-6-4-5-9-16-15/h4-6,9,11-14H,7-8,10H2,1-3H3. The summed E-state index contributed by atoms with van der Waals surface area (Å²) in [5, 5.41) is 0. The van der Waals surface area contributed by atoms with Crippen LogP contribution < -0.4 is 0 Å². The Balaban J connectivity index is 2.21. The summed E-state index contributed by atoms with van der Waals surface area (Å²) >= 11 is 0. The van der Waals surface area contributed by atoms with Gasteiger partial charge in [-0.15, -0.1) is 0 Å². The first-order chi connectivity index (χ1) is 7.68. The van der Waals surface area contributed by atoms with Gasteiger partial charge in [-0.1, -0.05) is 33.3 Å². The van der Waals surface area contributed by atoms with E-state index in [2.05, 4.69) is 37.9 Å². The fourth-order valence-corrected chi connectivity index (χ4v) is 3.14. The molecular formula is C15H23N. The topological polar surface area (TPSA) is 12.9 Å². The molecule has 0 N–H and O–H groups in total. The highest BCUT2D eigenvalue weighted by Crippen LogP contribution is 2.43. The lowest BCUT2D eigenvalue weighted by atomic mass is 9.69. The van der Waals surface area contributed by atoms with E-state index in [-0.39, 0.29) is 0 Å². The number of nitrogens with zero attached hydrogens (tertiary/aromatic N) is 1. The Labute approximate surface area is 99.3 Å². The summed E-state index contributed by atoms with van der Waals surface area (Å²) in [6.07, 6.45) is 6.03. The third kappa shape index (κ3) is 2.45. The second-order valence-corrected chi connectivity index (χ2v) is 5.69. The molecule has 88 valence electrons. The number of rotatable bonds is 2. The Morgan fingerprint density at radius 1 is 1.25 bits per heavy atom. The molecule has 1 nitrogen and oxygen atoms in total. The third-order valence-electron chi connectivity index (χ3n) is 4.09. The first kappa shape index (κ1) is 11.6. The first-order valence-corrected chi connectivity index (χ1v) is 6.59. The van der Waals surface area contributed by atoms with Crippen LogP contribution in [0, 0.1) is 17.8 Å². The Morgan fingerprint density at radius 2 is 2.06 bits per heavy atom. The maximum atomic E-state index is 4.57. The average Bonchev–Trinajstić information content (AvgIpc) is 2.29. The van der Waals surface area contributed by atoms with Crippen LogP contribution in [0.4, 0.5) is 0 Å². The van der Waals surface area contributed by atoms with Crippen molar-refractivity contribution in [3.8, 4) is 0 Å². The lowest BCUT2D eigenvalue weighted by Gasteiger charge is -2.37. The van der Waals surface area contributed by atoms with E-state index in [0.717, 1.165) is 17.8 Å². The minimum atomic E-state index is 0.685. The summed E-state index contributed by atoms with van der Waals surface area (Å²) in [4.78, 5) is 4.57. The van der Waals surface area contributed by atoms with Gasteiger partial charge in [0.25, 0.3) is 0 Å². The van der Waals surface area contributed by atoms with Crippen LogP contribution in [0.1, 0.15) is 51.6 Å². The van der Waals surface area contributed by atoms with Crippen molar-refractivity contribution in [1.82, 2.24) is 4.98 Å². The van der Waals surface area contributed by atoms with Gasteiger partial charge in [0.05, 0.1) is 0 Å². The highest BCUT2D eigenvalue weighted by Gasteiger charge is 2.32. The van der Waals surface area contributed by atoms with E-state index in [4.69, 9.17) is 0 Å². The minimum Gasteiger partial charge on any atom is -0.261 e. The number of aromatic nitrogens is 1. The van der Waals surface area contributed by atoms with Crippen molar-refractivity contribution in [2.45, 2.75) is 46.0 Å². The average molecular weight is 217 g/mol. The summed E-state index contributed by atoms with van der Waals surface area (Å²) in [6, 6.07) is 6.34. The van der Waals surface area contributed by atoms with Crippen molar-refractivity contribution in [2.24, 2.45) is 17.8 Å². The van der Waals surface area contributed by atoms with Gasteiger partial charge in [0.1, 0.15) is 0 Å². The highest BCUT2D eigenvalue weighted by molar-refractivity contribution is 5.12. The zero-order chi connectivity index (χ0) is 11.5. The number of hydrogen-bond acceptors (Lipinski definition) is 1. The lowest BCUT2D eigenvalue weighted by Crippen LogP contribution is -2.26. The molecule has 0 spiro atoms. The molecule has 0 saturated heterocycles. The van der Waals surface area contributed by atoms with Crippen LogP contribution in [0.25, 0.3) is 0 Å². The summed E-state index contributed by atoms with van der Waals surface area (Å²) in [7, 11) is 0. The number of hydrogen-bond donors (Lipinski definition) is 0. The fourth-order valence-electron chi connectivity index (χ4n) is 3.14. The summed E-state index contributed by atoms with van der Waals surface area (Å²) in [5.41, 5.74) is 1.31. The molecule has 3 atom stereocenters. The summed E-state index contributed by atoms with van der Waals surface area (Å²) < 4.78 is 0. The predicted octanol–water partition coefficient (Wildman–Crippen LogP) is 4.26. The monoisotopic (exact) mass is 217 g/mol. The molecule has 16 heavy (non-hydrogen) atoms. The molecule has 0 aliphatic heterocycles. The molecule has 1 saturated carbocycles. The van der Waals surface area contributed by atoms with E-state index in [1.54, 1.807) is 0 Å². The van der Waals surface area contributed by atoms with Gasteiger partial charge in [0, 0.05) is 17.8 Å². The maximum Gasteiger partial charge on any atom is 0.0437 e. The van der Waals surface area contributed by atoms with Crippen LogP contribution >= 0.6 is 0 Å². The molecule has 0 aromatic carbocycles. The molecule has 2 rings (SSSR count). The lowest BCUT2D eigenvalue weighted by molar-refractivity contribution is 0.194. The fraction of sp³-hybridized carbons (Fsp3) is 0.667. The molecule has 3 unspecified atom stereocenters. The van der Waals surface area contributed by atoms with Crippen LogP contribution in [0.3, 0.4) is 0 Å². The Bertz CT molecular complexity index is 317. The molecule has 1 aromatic rings. The van der Waals surface area contributed by atoms with Crippen LogP contribution in [0.15, 0.2) is 24.4 Å². The van der Waals surface area contributed by atoms with Crippen LogP contribution in [0.5, 0.6) is 0 Å². The maximum absolute atomic E-state index is 4.57. The van der Waals surface area contributed by atoms with Crippen LogP contribution in [-0.2, 0) is 0 Å². The van der Waals surface area contributed by atoms with E-state index in [9.17, 15) is 0 Å². The zero-order valence-corrected chi connectivity index (χ0v) is 10.7. The molecular weight excluding hydrogens is 194 g/mol. The first-order valence-electron chi connectivity index (χ1n) is 6.59. The molecule has 1 heteroatoms. The van der Waals surface area contributed by atoms with Crippen LogP contribution in [-0.4, -0.2) is 4.98 Å². The highest BCUT2D eigenvalue weighted by atomic mass is 14.7. The predicted molar refractivity (Wildman–Crippen MR) is 68.3 cm³/mol. The van der Waals surface area contributed by atoms with Gasteiger partial charge in [-0.2, -0.15) is 0 Å². The van der Waals surface area contributed by atoms with Gasteiger partial charge < -0.3 is 0 Å². The van der Waals surface area contributed by atoms with Crippen molar-refractivity contribution in [3.05, 3.63) is 30.1 Å². The van der Waals surface area contributed by atoms with Crippen molar-refractivity contribution in [1.29, 1.82) is 0 Å². The zero-order valence-electron chi connectivity index (χ0n) is 10.7. The third-order valence-corrected chi connectivity index (χ3v) is 4.09. The van der Waals surface area contributed by atoms with E-state index in [1.165, 1.54) is 25.0 Å². The Morgan fingerprint density at radius 3 is 2.69 bits per heavy atom. The van der Waals surface area contributed by atoms with Crippen molar-refractivity contribution in [3.63, 3.8) is 0 Å². The van der Waals surface area contributed by atoms with E-state index in [1.807, 2.05) is 12.3 Å². The van der Waals surface area contributed by atoms with Gasteiger partial charge in [-0.25, -0.2) is 0 Å². The molecule has 1 fully saturated rings. The molecule has 0 bridgehead atoms. The van der Waals surface area contributed by atoms with Crippen LogP contribution in [0.2, 0.25) is 0 Å². The molecule has 1 aliphatic rings. The van der Waals surface area contributed by atoms with E-state index in [0.29, 0.717) is 5.92 Å². The van der Waals surface area contributed by atoms with Crippen molar-refractivity contribution < 1.29 is 0 Å². The molecule has 1 aromatic heterocycles. The summed E-state index contributed by atoms with van der Waals surface area (Å²) in [5.74, 6) is 3.15. The quantitative estimate of drug-likeness (QED) is 0.721. The Hall–Kier alpha value is -0.850.